The molecule has 0 aliphatic rings. The number of halogens is 1. The number of nitrogens with one attached hydrogen (secondary N) is 1. The fraction of sp³-hybridized carbons (Fsp3) is 0.333. The zero-order chi connectivity index (χ0) is 16.0. The number of carbonyl (C=O) groups is 2. The van der Waals surface area contributed by atoms with Crippen LogP contribution in [0.25, 0.3) is 0 Å². The molecule has 0 fully saturated rings. The van der Waals surface area contributed by atoms with Gasteiger partial charge in [-0.05, 0) is 37.6 Å². The van der Waals surface area contributed by atoms with Crippen LogP contribution in [0.15, 0.2) is 18.2 Å². The number of hydrogen-bond acceptors (Lipinski definition) is 3. The maximum absolute atomic E-state index is 11.9. The maximum Gasteiger partial charge on any atom is 0.327 e. The summed E-state index contributed by atoms with van der Waals surface area (Å²) >= 11 is 5.84. The molecule has 0 aliphatic heterocycles. The van der Waals surface area contributed by atoms with Crippen LogP contribution in [-0.4, -0.2) is 29.1 Å². The predicted octanol–water partition coefficient (Wildman–Crippen LogP) is 2.01. The first-order valence-electron chi connectivity index (χ1n) is 6.24. The molecule has 1 amide bonds. The molecule has 0 aliphatic carbocycles. The van der Waals surface area contributed by atoms with Crippen molar-refractivity contribution in [2.24, 2.45) is 0 Å². The van der Waals surface area contributed by atoms with Crippen molar-refractivity contribution in [2.75, 3.05) is 0 Å². The standard InChI is InChI=1S/C15H16ClNO4/c1-4-5-12(15(19)20)17-14(18)10(3)21-13-7-6-11(16)8-9(13)2/h1,6-8,10,12H,5H2,2-3H3,(H,17,18)(H,19,20). The van der Waals surface area contributed by atoms with Gasteiger partial charge in [0.2, 0.25) is 0 Å². The average Bonchev–Trinajstić information content (AvgIpc) is 2.41. The topological polar surface area (TPSA) is 75.6 Å². The minimum atomic E-state index is -1.18. The van der Waals surface area contributed by atoms with E-state index in [0.29, 0.717) is 10.8 Å². The summed E-state index contributed by atoms with van der Waals surface area (Å²) in [5.41, 5.74) is 0.778. The molecule has 1 aromatic rings. The van der Waals surface area contributed by atoms with Crippen LogP contribution >= 0.6 is 11.6 Å². The largest absolute Gasteiger partial charge is 0.481 e. The fourth-order valence-corrected chi connectivity index (χ4v) is 1.82. The highest BCUT2D eigenvalue weighted by Gasteiger charge is 2.23. The predicted molar refractivity (Wildman–Crippen MR) is 79.3 cm³/mol. The van der Waals surface area contributed by atoms with E-state index in [4.69, 9.17) is 27.9 Å². The number of hydrogen-bond donors (Lipinski definition) is 2. The Morgan fingerprint density at radius 3 is 2.71 bits per heavy atom. The second-order valence-corrected chi connectivity index (χ2v) is 4.91. The Morgan fingerprint density at radius 1 is 1.52 bits per heavy atom. The van der Waals surface area contributed by atoms with Gasteiger partial charge in [-0.25, -0.2) is 4.79 Å². The number of terminal acetylenes is 1. The van der Waals surface area contributed by atoms with Gasteiger partial charge in [0.25, 0.3) is 5.91 Å². The lowest BCUT2D eigenvalue weighted by molar-refractivity contribution is -0.142. The van der Waals surface area contributed by atoms with Crippen molar-refractivity contribution in [1.82, 2.24) is 5.32 Å². The summed E-state index contributed by atoms with van der Waals surface area (Å²) in [7, 11) is 0. The van der Waals surface area contributed by atoms with E-state index >= 15 is 0 Å². The van der Waals surface area contributed by atoms with E-state index in [2.05, 4.69) is 11.2 Å². The van der Waals surface area contributed by atoms with Crippen LogP contribution in [0.2, 0.25) is 5.02 Å². The molecule has 0 spiro atoms. The zero-order valence-corrected chi connectivity index (χ0v) is 12.5. The molecule has 2 unspecified atom stereocenters. The van der Waals surface area contributed by atoms with Crippen LogP contribution < -0.4 is 10.1 Å². The van der Waals surface area contributed by atoms with Gasteiger partial charge in [0.15, 0.2) is 6.10 Å². The van der Waals surface area contributed by atoms with E-state index in [-0.39, 0.29) is 6.42 Å². The molecule has 6 heteroatoms. The molecule has 2 N–H and O–H groups in total. The summed E-state index contributed by atoms with van der Waals surface area (Å²) in [6, 6.07) is 3.88. The molecule has 0 aromatic heterocycles. The molecular weight excluding hydrogens is 294 g/mol. The molecular formula is C15H16ClNO4. The third kappa shape index (κ3) is 5.01. The maximum atomic E-state index is 11.9. The summed E-state index contributed by atoms with van der Waals surface area (Å²) < 4.78 is 5.51. The molecule has 0 saturated heterocycles. The Bertz CT molecular complexity index is 580. The summed E-state index contributed by atoms with van der Waals surface area (Å²) in [4.78, 5) is 22.9. The quantitative estimate of drug-likeness (QED) is 0.788. The van der Waals surface area contributed by atoms with Crippen molar-refractivity contribution < 1.29 is 19.4 Å². The molecule has 0 saturated carbocycles. The Kier molecular flexibility index (Phi) is 6.07. The van der Waals surface area contributed by atoms with Crippen LogP contribution in [0.5, 0.6) is 5.75 Å². The second-order valence-electron chi connectivity index (χ2n) is 4.48. The zero-order valence-electron chi connectivity index (χ0n) is 11.7. The molecule has 5 nitrogen and oxygen atoms in total. The minimum absolute atomic E-state index is 0.0895. The van der Waals surface area contributed by atoms with Gasteiger partial charge in [-0.2, -0.15) is 0 Å². The smallest absolute Gasteiger partial charge is 0.327 e. The number of aliphatic carboxylic acids is 1. The Labute approximate surface area is 128 Å². The van der Waals surface area contributed by atoms with Crippen molar-refractivity contribution in [1.29, 1.82) is 0 Å². The lowest BCUT2D eigenvalue weighted by Crippen LogP contribution is -2.46. The van der Waals surface area contributed by atoms with Crippen molar-refractivity contribution >= 4 is 23.5 Å². The van der Waals surface area contributed by atoms with E-state index < -0.39 is 24.0 Å². The first-order valence-corrected chi connectivity index (χ1v) is 6.62. The Hall–Kier alpha value is -2.19. The van der Waals surface area contributed by atoms with Gasteiger partial charge < -0.3 is 15.2 Å². The highest BCUT2D eigenvalue weighted by Crippen LogP contribution is 2.22. The van der Waals surface area contributed by atoms with E-state index in [9.17, 15) is 9.59 Å². The van der Waals surface area contributed by atoms with Gasteiger partial charge in [0, 0.05) is 11.4 Å². The molecule has 21 heavy (non-hydrogen) atoms. The van der Waals surface area contributed by atoms with Crippen LogP contribution in [0.1, 0.15) is 18.9 Å². The van der Waals surface area contributed by atoms with Crippen LogP contribution in [0.3, 0.4) is 0 Å². The van der Waals surface area contributed by atoms with E-state index in [1.54, 1.807) is 25.1 Å². The highest BCUT2D eigenvalue weighted by molar-refractivity contribution is 6.30. The number of amides is 1. The van der Waals surface area contributed by atoms with E-state index in [0.717, 1.165) is 5.56 Å². The van der Waals surface area contributed by atoms with Crippen LogP contribution in [-0.2, 0) is 9.59 Å². The summed E-state index contributed by atoms with van der Waals surface area (Å²) in [6.45, 7) is 3.32. The number of carboxylic acids is 1. The van der Waals surface area contributed by atoms with E-state index in [1.807, 2.05) is 0 Å². The second kappa shape index (κ2) is 7.55. The fourth-order valence-electron chi connectivity index (χ4n) is 1.60. The number of carbonyl (C=O) groups excluding carboxylic acids is 1. The van der Waals surface area contributed by atoms with Crippen LogP contribution in [0.4, 0.5) is 0 Å². The summed E-state index contributed by atoms with van der Waals surface area (Å²) in [5, 5.41) is 11.8. The molecule has 0 radical (unpaired) electrons. The third-order valence-corrected chi connectivity index (χ3v) is 2.98. The average molecular weight is 310 g/mol. The van der Waals surface area contributed by atoms with Crippen molar-refractivity contribution in [3.63, 3.8) is 0 Å². The molecule has 0 heterocycles. The van der Waals surface area contributed by atoms with Gasteiger partial charge in [-0.15, -0.1) is 12.3 Å². The number of rotatable bonds is 6. The molecule has 0 bridgehead atoms. The normalized spacial score (nSPS) is 12.9. The van der Waals surface area contributed by atoms with Gasteiger partial charge >= 0.3 is 5.97 Å². The first-order chi connectivity index (χ1) is 9.85. The van der Waals surface area contributed by atoms with Crippen molar-refractivity contribution in [3.05, 3.63) is 28.8 Å². The van der Waals surface area contributed by atoms with E-state index in [1.165, 1.54) is 6.92 Å². The lowest BCUT2D eigenvalue weighted by Gasteiger charge is -2.18. The minimum Gasteiger partial charge on any atom is -0.481 e. The highest BCUT2D eigenvalue weighted by atomic mass is 35.5. The van der Waals surface area contributed by atoms with Gasteiger partial charge in [-0.1, -0.05) is 11.6 Å². The molecule has 2 atom stereocenters. The van der Waals surface area contributed by atoms with Gasteiger partial charge in [-0.3, -0.25) is 4.79 Å². The summed E-state index contributed by atoms with van der Waals surface area (Å²) in [6.07, 6.45) is 4.12. The number of ether oxygens (including phenoxy) is 1. The third-order valence-electron chi connectivity index (χ3n) is 2.75. The lowest BCUT2D eigenvalue weighted by atomic mass is 10.2. The Morgan fingerprint density at radius 2 is 2.19 bits per heavy atom. The van der Waals surface area contributed by atoms with Crippen molar-refractivity contribution in [2.45, 2.75) is 32.4 Å². The van der Waals surface area contributed by atoms with Crippen molar-refractivity contribution in [3.8, 4) is 18.1 Å². The number of aryl methyl sites for hydroxylation is 1. The first kappa shape index (κ1) is 16.9. The Balaban J connectivity index is 2.70. The summed E-state index contributed by atoms with van der Waals surface area (Å²) in [5.74, 6) is 0.980. The van der Waals surface area contributed by atoms with Crippen LogP contribution in [0, 0.1) is 19.3 Å². The SMILES string of the molecule is C#CCC(NC(=O)C(C)Oc1ccc(Cl)cc1C)C(=O)O. The van der Waals surface area contributed by atoms with Gasteiger partial charge in [0.1, 0.15) is 11.8 Å². The molecule has 112 valence electrons. The number of benzene rings is 1. The monoisotopic (exact) mass is 309 g/mol. The van der Waals surface area contributed by atoms with Gasteiger partial charge in [0.05, 0.1) is 0 Å². The number of carboxylic acid groups (broad SMARTS) is 1. The molecule has 1 rings (SSSR count). The molecule has 1 aromatic carbocycles.